The molecule has 1 unspecified atom stereocenters. The van der Waals surface area contributed by atoms with E-state index in [1.807, 2.05) is 19.9 Å². The summed E-state index contributed by atoms with van der Waals surface area (Å²) in [6, 6.07) is 0. The quantitative estimate of drug-likeness (QED) is 0.546. The van der Waals surface area contributed by atoms with E-state index in [0.717, 1.165) is 11.9 Å². The number of allylic oxidation sites excluding steroid dienone is 4. The lowest BCUT2D eigenvalue weighted by Crippen LogP contribution is -2.44. The van der Waals surface area contributed by atoms with Gasteiger partial charge in [0.2, 0.25) is 0 Å². The number of rotatable bonds is 4. The van der Waals surface area contributed by atoms with Gasteiger partial charge < -0.3 is 9.31 Å². The Morgan fingerprint density at radius 3 is 2.06 bits per heavy atom. The van der Waals surface area contributed by atoms with Gasteiger partial charge in [-0.3, -0.25) is 0 Å². The lowest BCUT2D eigenvalue weighted by Gasteiger charge is -2.35. The van der Waals surface area contributed by atoms with E-state index in [1.165, 1.54) is 0 Å². The summed E-state index contributed by atoms with van der Waals surface area (Å²) in [4.78, 5) is 0. The summed E-state index contributed by atoms with van der Waals surface area (Å²) < 4.78 is 12.0. The molecule has 1 atom stereocenters. The molecule has 0 radical (unpaired) electrons. The van der Waals surface area contributed by atoms with Gasteiger partial charge in [0.15, 0.2) is 0 Å². The summed E-state index contributed by atoms with van der Waals surface area (Å²) in [5, 5.41) is 0. The molecule has 1 saturated heterocycles. The first-order valence-corrected chi connectivity index (χ1v) is 6.71. The zero-order chi connectivity index (χ0) is 14.4. The second-order valence-electron chi connectivity index (χ2n) is 4.77. The standard InChI is InChI=1S/C13H21BO2.C2H6/c1-7-10-11(8-2)14-15-12(4,5)13(6,9-3)16-14;1-2/h7-8,10H,1-2,9H2,3-6H3;1-2H3/b11-10+;. The van der Waals surface area contributed by atoms with Crippen LogP contribution in [0.4, 0.5) is 0 Å². The van der Waals surface area contributed by atoms with Crippen LogP contribution in [0.1, 0.15) is 48.0 Å². The normalized spacial score (nSPS) is 26.3. The molecule has 0 aliphatic carbocycles. The lowest BCUT2D eigenvalue weighted by atomic mass is 9.78. The average Bonchev–Trinajstić information content (AvgIpc) is 2.60. The molecule has 1 rings (SSSR count). The third-order valence-electron chi connectivity index (χ3n) is 3.54. The third-order valence-corrected chi connectivity index (χ3v) is 3.54. The second kappa shape index (κ2) is 6.96. The van der Waals surface area contributed by atoms with Crippen molar-refractivity contribution >= 4 is 7.12 Å². The van der Waals surface area contributed by atoms with E-state index in [2.05, 4.69) is 40.9 Å². The highest BCUT2D eigenvalue weighted by atomic mass is 16.7. The van der Waals surface area contributed by atoms with Crippen LogP contribution in [0, 0.1) is 0 Å². The van der Waals surface area contributed by atoms with Crippen molar-refractivity contribution in [2.45, 2.75) is 59.2 Å². The molecular weight excluding hydrogens is 223 g/mol. The summed E-state index contributed by atoms with van der Waals surface area (Å²) in [6.45, 7) is 19.8. The monoisotopic (exact) mass is 250 g/mol. The molecule has 0 saturated carbocycles. The summed E-state index contributed by atoms with van der Waals surface area (Å²) in [5.74, 6) is 0. The first-order chi connectivity index (χ1) is 8.40. The van der Waals surface area contributed by atoms with Gasteiger partial charge in [0.1, 0.15) is 0 Å². The minimum atomic E-state index is -0.338. The largest absolute Gasteiger partial charge is 0.494 e. The first kappa shape index (κ1) is 17.2. The van der Waals surface area contributed by atoms with Crippen LogP contribution in [0.2, 0.25) is 0 Å². The maximum absolute atomic E-state index is 6.01. The predicted octanol–water partition coefficient (Wildman–Crippen LogP) is 4.33. The van der Waals surface area contributed by atoms with Gasteiger partial charge >= 0.3 is 7.12 Å². The highest BCUT2D eigenvalue weighted by Gasteiger charge is 2.53. The average molecular weight is 250 g/mol. The Bertz CT molecular complexity index is 320. The van der Waals surface area contributed by atoms with Crippen molar-refractivity contribution in [1.82, 2.24) is 0 Å². The highest BCUT2D eigenvalue weighted by Crippen LogP contribution is 2.41. The number of hydrogen-bond donors (Lipinski definition) is 0. The highest BCUT2D eigenvalue weighted by molar-refractivity contribution is 6.55. The molecule has 2 nitrogen and oxygen atoms in total. The Hall–Kier alpha value is -0.795. The van der Waals surface area contributed by atoms with E-state index in [-0.39, 0.29) is 18.3 Å². The Labute approximate surface area is 113 Å². The van der Waals surface area contributed by atoms with E-state index in [1.54, 1.807) is 12.2 Å². The van der Waals surface area contributed by atoms with Gasteiger partial charge in [-0.2, -0.15) is 0 Å². The molecular formula is C15H27BO2. The van der Waals surface area contributed by atoms with Crippen LogP contribution in [-0.2, 0) is 9.31 Å². The van der Waals surface area contributed by atoms with E-state index in [0.29, 0.717) is 0 Å². The zero-order valence-corrected chi connectivity index (χ0v) is 12.7. The van der Waals surface area contributed by atoms with Crippen molar-refractivity contribution in [1.29, 1.82) is 0 Å². The molecule has 3 heteroatoms. The van der Waals surface area contributed by atoms with Crippen LogP contribution in [0.5, 0.6) is 0 Å². The smallest absolute Gasteiger partial charge is 0.399 e. The minimum absolute atomic E-state index is 0.263. The van der Waals surface area contributed by atoms with Gasteiger partial charge in [0.05, 0.1) is 11.2 Å². The van der Waals surface area contributed by atoms with Crippen molar-refractivity contribution in [3.63, 3.8) is 0 Å². The van der Waals surface area contributed by atoms with Crippen LogP contribution in [0.15, 0.2) is 36.9 Å². The topological polar surface area (TPSA) is 18.5 Å². The second-order valence-corrected chi connectivity index (χ2v) is 4.77. The molecule has 1 fully saturated rings. The van der Waals surface area contributed by atoms with Crippen molar-refractivity contribution < 1.29 is 9.31 Å². The molecule has 1 heterocycles. The summed E-state index contributed by atoms with van der Waals surface area (Å²) in [5.41, 5.74) is 0.358. The Morgan fingerprint density at radius 1 is 1.17 bits per heavy atom. The SMILES string of the molecule is C=C/C=C(\C=C)B1OC(C)(C)C(C)(CC)O1.CC. The molecule has 0 amide bonds. The van der Waals surface area contributed by atoms with Gasteiger partial charge in [-0.05, 0) is 32.7 Å². The van der Waals surface area contributed by atoms with E-state index >= 15 is 0 Å². The van der Waals surface area contributed by atoms with E-state index in [9.17, 15) is 0 Å². The molecule has 0 bridgehead atoms. The Balaban J connectivity index is 0.00000137. The maximum atomic E-state index is 6.01. The van der Waals surface area contributed by atoms with Crippen LogP contribution in [-0.4, -0.2) is 18.3 Å². The van der Waals surface area contributed by atoms with Gasteiger partial charge in [0, 0.05) is 0 Å². The lowest BCUT2D eigenvalue weighted by molar-refractivity contribution is -0.0118. The molecule has 1 aliphatic heterocycles. The molecule has 0 N–H and O–H groups in total. The van der Waals surface area contributed by atoms with Crippen LogP contribution < -0.4 is 0 Å². The fraction of sp³-hybridized carbons (Fsp3) is 0.600. The van der Waals surface area contributed by atoms with E-state index < -0.39 is 0 Å². The molecule has 0 aromatic carbocycles. The Kier molecular flexibility index (Phi) is 6.65. The van der Waals surface area contributed by atoms with Crippen LogP contribution in [0.3, 0.4) is 0 Å². The fourth-order valence-corrected chi connectivity index (χ4v) is 1.82. The zero-order valence-electron chi connectivity index (χ0n) is 12.7. The first-order valence-electron chi connectivity index (χ1n) is 6.71. The molecule has 0 aromatic heterocycles. The Morgan fingerprint density at radius 2 is 1.72 bits per heavy atom. The summed E-state index contributed by atoms with van der Waals surface area (Å²) in [6.07, 6.45) is 6.26. The summed E-state index contributed by atoms with van der Waals surface area (Å²) in [7, 11) is -0.338. The van der Waals surface area contributed by atoms with Crippen molar-refractivity contribution in [2.24, 2.45) is 0 Å². The van der Waals surface area contributed by atoms with Crippen LogP contribution >= 0.6 is 0 Å². The van der Waals surface area contributed by atoms with Gasteiger partial charge in [0.25, 0.3) is 0 Å². The molecule has 102 valence electrons. The minimum Gasteiger partial charge on any atom is -0.399 e. The fourth-order valence-electron chi connectivity index (χ4n) is 1.82. The van der Waals surface area contributed by atoms with Crippen molar-refractivity contribution in [3.8, 4) is 0 Å². The summed E-state index contributed by atoms with van der Waals surface area (Å²) >= 11 is 0. The van der Waals surface area contributed by atoms with E-state index in [4.69, 9.17) is 9.31 Å². The molecule has 0 spiro atoms. The maximum Gasteiger partial charge on any atom is 0.494 e. The van der Waals surface area contributed by atoms with Crippen molar-refractivity contribution in [2.75, 3.05) is 0 Å². The van der Waals surface area contributed by atoms with Crippen LogP contribution in [0.25, 0.3) is 0 Å². The van der Waals surface area contributed by atoms with Gasteiger partial charge in [-0.1, -0.05) is 52.2 Å². The predicted molar refractivity (Wildman–Crippen MR) is 80.5 cm³/mol. The third kappa shape index (κ3) is 3.36. The molecule has 18 heavy (non-hydrogen) atoms. The van der Waals surface area contributed by atoms with Gasteiger partial charge in [-0.25, -0.2) is 0 Å². The number of hydrogen-bond acceptors (Lipinski definition) is 2. The molecule has 0 aromatic rings. The van der Waals surface area contributed by atoms with Gasteiger partial charge in [-0.15, -0.1) is 0 Å². The molecule has 1 aliphatic rings. The van der Waals surface area contributed by atoms with Crippen molar-refractivity contribution in [3.05, 3.63) is 36.9 Å².